The number of anilines is 1. The van der Waals surface area contributed by atoms with Crippen molar-refractivity contribution >= 4 is 21.7 Å². The Hall–Kier alpha value is -0.610. The van der Waals surface area contributed by atoms with Gasteiger partial charge in [0, 0.05) is 6.20 Å². The molecule has 0 bridgehead atoms. The van der Waals surface area contributed by atoms with Gasteiger partial charge in [0.15, 0.2) is 0 Å². The Balaban J connectivity index is 2.08. The highest BCUT2D eigenvalue weighted by atomic mass is 79.9. The number of nitrogens with one attached hydrogen (secondary N) is 1. The highest BCUT2D eigenvalue weighted by molar-refractivity contribution is 9.10. The lowest BCUT2D eigenvalue weighted by Crippen LogP contribution is -2.32. The van der Waals surface area contributed by atoms with Gasteiger partial charge in [-0.05, 0) is 47.3 Å². The third kappa shape index (κ3) is 3.42. The fraction of sp³-hybridized carbons (Fsp3) is 0.615. The summed E-state index contributed by atoms with van der Waals surface area (Å²) in [6.07, 6.45) is 7.02. The van der Waals surface area contributed by atoms with Crippen molar-refractivity contribution in [2.24, 2.45) is 0 Å². The Kier molecular flexibility index (Phi) is 4.40. The molecule has 1 aromatic rings. The van der Waals surface area contributed by atoms with Gasteiger partial charge < -0.3 is 10.4 Å². The van der Waals surface area contributed by atoms with Crippen molar-refractivity contribution in [1.82, 2.24) is 4.98 Å². The molecule has 1 fully saturated rings. The fourth-order valence-electron chi connectivity index (χ4n) is 2.27. The lowest BCUT2D eigenvalue weighted by molar-refractivity contribution is 0.144. The molecule has 0 aliphatic heterocycles. The molecule has 2 atom stereocenters. The van der Waals surface area contributed by atoms with Gasteiger partial charge in [-0.2, -0.15) is 0 Å². The first-order valence-corrected chi connectivity index (χ1v) is 7.03. The van der Waals surface area contributed by atoms with Crippen LogP contribution in [0.4, 0.5) is 5.82 Å². The molecule has 1 saturated carbocycles. The topological polar surface area (TPSA) is 45.2 Å². The Bertz CT molecular complexity index is 384. The zero-order chi connectivity index (χ0) is 12.3. The average molecular weight is 299 g/mol. The first kappa shape index (κ1) is 12.8. The summed E-state index contributed by atoms with van der Waals surface area (Å²) in [5.74, 6) is 0.835. The number of hydrogen-bond donors (Lipinski definition) is 2. The second kappa shape index (κ2) is 5.83. The molecular weight excluding hydrogens is 280 g/mol. The monoisotopic (exact) mass is 298 g/mol. The predicted octanol–water partition coefficient (Wildman–Crippen LogP) is 3.26. The lowest BCUT2D eigenvalue weighted by atomic mass is 10.1. The number of aromatic nitrogens is 1. The number of rotatable bonds is 2. The minimum atomic E-state index is -0.257. The van der Waals surface area contributed by atoms with E-state index in [9.17, 15) is 5.11 Å². The van der Waals surface area contributed by atoms with Crippen LogP contribution in [-0.4, -0.2) is 22.2 Å². The maximum atomic E-state index is 10.1. The first-order chi connectivity index (χ1) is 8.16. The van der Waals surface area contributed by atoms with Crippen LogP contribution in [0.1, 0.15) is 37.7 Å². The van der Waals surface area contributed by atoms with Gasteiger partial charge in [0.2, 0.25) is 0 Å². The number of aryl methyl sites for hydroxylation is 1. The number of nitrogens with zero attached hydrogens (tertiary/aromatic N) is 1. The summed E-state index contributed by atoms with van der Waals surface area (Å²) in [5, 5.41) is 13.4. The van der Waals surface area contributed by atoms with E-state index in [2.05, 4.69) is 26.2 Å². The summed E-state index contributed by atoms with van der Waals surface area (Å²) >= 11 is 3.51. The summed E-state index contributed by atoms with van der Waals surface area (Å²) in [4.78, 5) is 4.37. The third-order valence-corrected chi connectivity index (χ3v) is 3.88. The number of halogens is 1. The van der Waals surface area contributed by atoms with Crippen LogP contribution in [0, 0.1) is 6.92 Å². The molecule has 4 heteroatoms. The quantitative estimate of drug-likeness (QED) is 0.824. The molecule has 2 unspecified atom stereocenters. The molecule has 17 heavy (non-hydrogen) atoms. The highest BCUT2D eigenvalue weighted by Gasteiger charge is 2.22. The molecule has 2 rings (SSSR count). The van der Waals surface area contributed by atoms with Crippen LogP contribution < -0.4 is 5.32 Å². The van der Waals surface area contributed by atoms with Crippen LogP contribution in [0.5, 0.6) is 0 Å². The molecule has 0 radical (unpaired) electrons. The fourth-order valence-corrected chi connectivity index (χ4v) is 2.85. The largest absolute Gasteiger partial charge is 0.391 e. The lowest BCUT2D eigenvalue weighted by Gasteiger charge is -2.22. The van der Waals surface area contributed by atoms with Gasteiger partial charge in [0.25, 0.3) is 0 Å². The van der Waals surface area contributed by atoms with Crippen molar-refractivity contribution in [2.45, 2.75) is 51.2 Å². The van der Waals surface area contributed by atoms with E-state index in [1.807, 2.05) is 19.2 Å². The molecule has 1 aliphatic rings. The standard InChI is InChI=1S/C13H19BrN2O/c1-9-7-10(14)13(15-8-9)16-11-5-3-2-4-6-12(11)17/h7-8,11-12,17H,2-6H2,1H3,(H,15,16). The van der Waals surface area contributed by atoms with Gasteiger partial charge in [0.1, 0.15) is 5.82 Å². The molecule has 0 amide bonds. The van der Waals surface area contributed by atoms with Gasteiger partial charge in [-0.3, -0.25) is 0 Å². The molecule has 2 N–H and O–H groups in total. The van der Waals surface area contributed by atoms with Crippen molar-refractivity contribution in [1.29, 1.82) is 0 Å². The van der Waals surface area contributed by atoms with E-state index >= 15 is 0 Å². The second-order valence-electron chi connectivity index (χ2n) is 4.80. The molecule has 0 spiro atoms. The molecular formula is C13H19BrN2O. The Labute approximate surface area is 111 Å². The smallest absolute Gasteiger partial charge is 0.140 e. The summed E-state index contributed by atoms with van der Waals surface area (Å²) in [6.45, 7) is 2.02. The van der Waals surface area contributed by atoms with Gasteiger partial charge in [-0.15, -0.1) is 0 Å². The van der Waals surface area contributed by atoms with E-state index in [0.29, 0.717) is 0 Å². The van der Waals surface area contributed by atoms with Crippen molar-refractivity contribution in [2.75, 3.05) is 5.32 Å². The van der Waals surface area contributed by atoms with Crippen molar-refractivity contribution < 1.29 is 5.11 Å². The summed E-state index contributed by atoms with van der Waals surface area (Å²) in [7, 11) is 0. The SMILES string of the molecule is Cc1cnc(NC2CCCCCC2O)c(Br)c1. The van der Waals surface area contributed by atoms with Crippen LogP contribution in [0.3, 0.4) is 0 Å². The van der Waals surface area contributed by atoms with E-state index in [1.165, 1.54) is 12.8 Å². The minimum absolute atomic E-state index is 0.129. The second-order valence-corrected chi connectivity index (χ2v) is 5.65. The summed E-state index contributed by atoms with van der Waals surface area (Å²) < 4.78 is 0.967. The van der Waals surface area contributed by atoms with E-state index in [-0.39, 0.29) is 12.1 Å². The van der Waals surface area contributed by atoms with E-state index < -0.39 is 0 Å². The molecule has 1 aliphatic carbocycles. The molecule has 3 nitrogen and oxygen atoms in total. The summed E-state index contributed by atoms with van der Waals surface area (Å²) in [5.41, 5.74) is 1.13. The molecule has 94 valence electrons. The van der Waals surface area contributed by atoms with Crippen LogP contribution in [0.25, 0.3) is 0 Å². The normalized spacial score (nSPS) is 25.4. The van der Waals surface area contributed by atoms with Gasteiger partial charge >= 0.3 is 0 Å². The van der Waals surface area contributed by atoms with Crippen LogP contribution in [0.2, 0.25) is 0 Å². The average Bonchev–Trinajstić information content (AvgIpc) is 2.48. The van der Waals surface area contributed by atoms with Crippen molar-refractivity contribution in [3.63, 3.8) is 0 Å². The van der Waals surface area contributed by atoms with Gasteiger partial charge in [0.05, 0.1) is 16.6 Å². The van der Waals surface area contributed by atoms with Gasteiger partial charge in [-0.25, -0.2) is 4.98 Å². The molecule has 1 heterocycles. The van der Waals surface area contributed by atoms with E-state index in [0.717, 1.165) is 35.1 Å². The maximum absolute atomic E-state index is 10.1. The van der Waals surface area contributed by atoms with Crippen LogP contribution in [0.15, 0.2) is 16.7 Å². The Morgan fingerprint density at radius 1 is 1.35 bits per heavy atom. The van der Waals surface area contributed by atoms with E-state index in [1.54, 1.807) is 0 Å². The highest BCUT2D eigenvalue weighted by Crippen LogP contribution is 2.25. The molecule has 1 aromatic heterocycles. The minimum Gasteiger partial charge on any atom is -0.391 e. The van der Waals surface area contributed by atoms with Crippen molar-refractivity contribution in [3.8, 4) is 0 Å². The number of hydrogen-bond acceptors (Lipinski definition) is 3. The number of aliphatic hydroxyl groups is 1. The molecule has 0 aromatic carbocycles. The first-order valence-electron chi connectivity index (χ1n) is 6.23. The van der Waals surface area contributed by atoms with Crippen LogP contribution >= 0.6 is 15.9 Å². The zero-order valence-corrected chi connectivity index (χ0v) is 11.7. The maximum Gasteiger partial charge on any atom is 0.140 e. The predicted molar refractivity (Wildman–Crippen MR) is 73.2 cm³/mol. The molecule has 0 saturated heterocycles. The number of aliphatic hydroxyl groups excluding tert-OH is 1. The third-order valence-electron chi connectivity index (χ3n) is 3.28. The van der Waals surface area contributed by atoms with Crippen LogP contribution in [-0.2, 0) is 0 Å². The Morgan fingerprint density at radius 3 is 2.88 bits per heavy atom. The van der Waals surface area contributed by atoms with E-state index in [4.69, 9.17) is 0 Å². The summed E-state index contributed by atoms with van der Waals surface area (Å²) in [6, 6.07) is 2.17. The van der Waals surface area contributed by atoms with Gasteiger partial charge in [-0.1, -0.05) is 19.3 Å². The van der Waals surface area contributed by atoms with Crippen molar-refractivity contribution in [3.05, 3.63) is 22.3 Å². The Morgan fingerprint density at radius 2 is 2.12 bits per heavy atom. The zero-order valence-electron chi connectivity index (χ0n) is 10.1. The number of pyridine rings is 1.